The lowest BCUT2D eigenvalue weighted by Gasteiger charge is -2.35. The van der Waals surface area contributed by atoms with Crippen molar-refractivity contribution in [3.8, 4) is 0 Å². The predicted octanol–water partition coefficient (Wildman–Crippen LogP) is 3.33. The van der Waals surface area contributed by atoms with E-state index in [0.717, 1.165) is 5.56 Å². The summed E-state index contributed by atoms with van der Waals surface area (Å²) < 4.78 is 25.3. The normalized spacial score (nSPS) is 13.6. The Labute approximate surface area is 192 Å². The summed E-state index contributed by atoms with van der Waals surface area (Å²) in [4.78, 5) is 34.2. The number of nitrogens with zero attached hydrogens (tertiary/aromatic N) is 5. The topological polar surface area (TPSA) is 127 Å². The molecular formula is C22H20FN7O4. The molecular weight excluding hydrogens is 445 g/mol. The lowest BCUT2D eigenvalue weighted by molar-refractivity contribution is 0.0804. The molecule has 0 saturated carbocycles. The van der Waals surface area contributed by atoms with Crippen molar-refractivity contribution in [2.75, 3.05) is 30.8 Å². The lowest BCUT2D eigenvalue weighted by Crippen LogP contribution is -2.48. The number of carbonyl (C=O) groups excluding carboxylic acids is 2. The average molecular weight is 465 g/mol. The van der Waals surface area contributed by atoms with Gasteiger partial charge in [0.15, 0.2) is 11.5 Å². The van der Waals surface area contributed by atoms with Crippen LogP contribution in [0, 0.1) is 12.7 Å². The van der Waals surface area contributed by atoms with Gasteiger partial charge in [-0.25, -0.2) is 14.2 Å². The van der Waals surface area contributed by atoms with Crippen molar-refractivity contribution in [1.82, 2.24) is 24.4 Å². The van der Waals surface area contributed by atoms with E-state index < -0.39 is 17.8 Å². The van der Waals surface area contributed by atoms with E-state index in [-0.39, 0.29) is 23.2 Å². The number of aromatic nitrogens is 4. The number of likely N-dealkylation sites (tertiary alicyclic amines) is 1. The van der Waals surface area contributed by atoms with E-state index in [1.54, 1.807) is 12.3 Å². The first-order valence-electron chi connectivity index (χ1n) is 10.4. The van der Waals surface area contributed by atoms with Gasteiger partial charge < -0.3 is 24.8 Å². The van der Waals surface area contributed by atoms with Gasteiger partial charge in [-0.2, -0.15) is 4.98 Å². The highest BCUT2D eigenvalue weighted by Crippen LogP contribution is 2.28. The van der Waals surface area contributed by atoms with Crippen LogP contribution in [0.4, 0.5) is 26.5 Å². The minimum atomic E-state index is -0.511. The largest absolute Gasteiger partial charge is 0.453 e. The maximum Gasteiger partial charge on any atom is 0.409 e. The molecule has 1 saturated heterocycles. The van der Waals surface area contributed by atoms with E-state index in [1.807, 2.05) is 19.1 Å². The molecule has 4 aromatic rings. The van der Waals surface area contributed by atoms with Gasteiger partial charge in [0.05, 0.1) is 19.2 Å². The Morgan fingerprint density at radius 1 is 1.26 bits per heavy atom. The molecule has 1 aromatic carbocycles. The second kappa shape index (κ2) is 8.46. The number of hydrogen-bond donors (Lipinski definition) is 2. The summed E-state index contributed by atoms with van der Waals surface area (Å²) in [5.74, 6) is -0.318. The Balaban J connectivity index is 1.28. The number of aryl methyl sites for hydroxylation is 1. The van der Waals surface area contributed by atoms with Gasteiger partial charge in [-0.15, -0.1) is 0 Å². The van der Waals surface area contributed by atoms with Crippen molar-refractivity contribution < 1.29 is 23.2 Å². The van der Waals surface area contributed by atoms with Crippen LogP contribution in [0.3, 0.4) is 0 Å². The van der Waals surface area contributed by atoms with Crippen LogP contribution in [0.2, 0.25) is 0 Å². The standard InChI is InChI=1S/C22H20FN7O4/c1-12-5-6-14(25-21-27-20(34-28-21)13-10-29(11-13)22(32)33-2)8-16(12)26-19(31)17-9-24-18-15(23)4-3-7-30(17)18/h3-9,13H,10-11H2,1-2H3,(H,25,28)(H,26,31). The molecule has 0 radical (unpaired) electrons. The summed E-state index contributed by atoms with van der Waals surface area (Å²) in [6.07, 6.45) is 2.51. The van der Waals surface area contributed by atoms with Crippen LogP contribution in [-0.2, 0) is 4.74 Å². The van der Waals surface area contributed by atoms with Crippen molar-refractivity contribution in [1.29, 1.82) is 0 Å². The van der Waals surface area contributed by atoms with Gasteiger partial charge in [0.1, 0.15) is 5.69 Å². The molecule has 4 heterocycles. The Morgan fingerprint density at radius 3 is 2.88 bits per heavy atom. The van der Waals surface area contributed by atoms with E-state index in [1.165, 1.54) is 34.7 Å². The van der Waals surface area contributed by atoms with Crippen LogP contribution < -0.4 is 10.6 Å². The van der Waals surface area contributed by atoms with Crippen LogP contribution >= 0.6 is 0 Å². The lowest BCUT2D eigenvalue weighted by atomic mass is 10.0. The first-order valence-corrected chi connectivity index (χ1v) is 10.4. The average Bonchev–Trinajstić information content (AvgIpc) is 3.43. The van der Waals surface area contributed by atoms with Crippen LogP contribution in [0.1, 0.15) is 27.9 Å². The summed E-state index contributed by atoms with van der Waals surface area (Å²) in [5, 5.41) is 9.82. The number of methoxy groups -OCH3 is 1. The molecule has 1 aliphatic rings. The number of benzene rings is 1. The Morgan fingerprint density at radius 2 is 2.09 bits per heavy atom. The zero-order chi connectivity index (χ0) is 23.8. The number of rotatable bonds is 5. The molecule has 0 aliphatic carbocycles. The number of fused-ring (bicyclic) bond motifs is 1. The molecule has 0 spiro atoms. The maximum atomic E-state index is 13.9. The molecule has 3 aromatic heterocycles. The van der Waals surface area contributed by atoms with Gasteiger partial charge in [0.25, 0.3) is 11.9 Å². The molecule has 2 amide bonds. The quantitative estimate of drug-likeness (QED) is 0.460. The zero-order valence-electron chi connectivity index (χ0n) is 18.3. The SMILES string of the molecule is COC(=O)N1CC(c2nc(Nc3ccc(C)c(NC(=O)c4cnc5c(F)cccn45)c3)no2)C1. The highest BCUT2D eigenvalue weighted by molar-refractivity contribution is 6.04. The summed E-state index contributed by atoms with van der Waals surface area (Å²) in [6, 6.07) is 8.16. The van der Waals surface area contributed by atoms with E-state index >= 15 is 0 Å². The third-order valence-electron chi connectivity index (χ3n) is 5.57. The van der Waals surface area contributed by atoms with Gasteiger partial charge in [0.2, 0.25) is 5.89 Å². The third kappa shape index (κ3) is 3.89. The van der Waals surface area contributed by atoms with Gasteiger partial charge in [-0.05, 0) is 41.9 Å². The maximum absolute atomic E-state index is 13.9. The van der Waals surface area contributed by atoms with Gasteiger partial charge in [-0.1, -0.05) is 6.07 Å². The van der Waals surface area contributed by atoms with Crippen molar-refractivity contribution in [3.63, 3.8) is 0 Å². The molecule has 5 rings (SSSR count). The monoisotopic (exact) mass is 465 g/mol. The van der Waals surface area contributed by atoms with Crippen LogP contribution in [0.25, 0.3) is 5.65 Å². The number of nitrogens with one attached hydrogen (secondary N) is 2. The van der Waals surface area contributed by atoms with Gasteiger partial charge in [-0.3, -0.25) is 9.20 Å². The van der Waals surface area contributed by atoms with E-state index in [4.69, 9.17) is 4.52 Å². The first-order chi connectivity index (χ1) is 16.4. The summed E-state index contributed by atoms with van der Waals surface area (Å²) in [5.41, 5.74) is 2.29. The number of hydrogen-bond acceptors (Lipinski definition) is 8. The van der Waals surface area contributed by atoms with Crippen LogP contribution in [0.5, 0.6) is 0 Å². The fourth-order valence-corrected chi connectivity index (χ4v) is 3.66. The van der Waals surface area contributed by atoms with E-state index in [9.17, 15) is 14.0 Å². The highest BCUT2D eigenvalue weighted by Gasteiger charge is 2.36. The summed E-state index contributed by atoms with van der Waals surface area (Å²) in [7, 11) is 1.33. The van der Waals surface area contributed by atoms with Crippen molar-refractivity contribution in [2.24, 2.45) is 0 Å². The summed E-state index contributed by atoms with van der Waals surface area (Å²) in [6.45, 7) is 2.74. The van der Waals surface area contributed by atoms with Crippen LogP contribution in [-0.4, -0.2) is 56.6 Å². The fourth-order valence-electron chi connectivity index (χ4n) is 3.66. The Hall–Kier alpha value is -4.48. The number of ether oxygens (including phenoxy) is 1. The highest BCUT2D eigenvalue weighted by atomic mass is 19.1. The Kier molecular flexibility index (Phi) is 5.32. The number of imidazole rings is 1. The predicted molar refractivity (Wildman–Crippen MR) is 119 cm³/mol. The van der Waals surface area contributed by atoms with E-state index in [2.05, 4.69) is 30.5 Å². The smallest absolute Gasteiger partial charge is 0.409 e. The van der Waals surface area contributed by atoms with Crippen molar-refractivity contribution in [3.05, 3.63) is 65.7 Å². The second-order valence-corrected chi connectivity index (χ2v) is 7.83. The first kappa shape index (κ1) is 21.4. The third-order valence-corrected chi connectivity index (χ3v) is 5.57. The number of pyridine rings is 1. The zero-order valence-corrected chi connectivity index (χ0v) is 18.3. The molecule has 0 bridgehead atoms. The van der Waals surface area contributed by atoms with Crippen molar-refractivity contribution in [2.45, 2.75) is 12.8 Å². The summed E-state index contributed by atoms with van der Waals surface area (Å²) >= 11 is 0. The molecule has 34 heavy (non-hydrogen) atoms. The molecule has 2 N–H and O–H groups in total. The molecule has 174 valence electrons. The molecule has 1 aliphatic heterocycles. The fraction of sp³-hybridized carbons (Fsp3) is 0.227. The second-order valence-electron chi connectivity index (χ2n) is 7.83. The molecule has 0 atom stereocenters. The van der Waals surface area contributed by atoms with Crippen molar-refractivity contribution >= 4 is 35.0 Å². The van der Waals surface area contributed by atoms with Crippen LogP contribution in [0.15, 0.2) is 47.2 Å². The molecule has 11 nitrogen and oxygen atoms in total. The molecule has 0 unspecified atom stereocenters. The minimum Gasteiger partial charge on any atom is -0.453 e. The number of carbonyl (C=O) groups is 2. The van der Waals surface area contributed by atoms with Gasteiger partial charge in [0, 0.05) is 30.7 Å². The number of amides is 2. The number of halogens is 1. The molecule has 12 heteroatoms. The minimum absolute atomic E-state index is 0.0506. The van der Waals surface area contributed by atoms with Gasteiger partial charge >= 0.3 is 6.09 Å². The van der Waals surface area contributed by atoms with E-state index in [0.29, 0.717) is 30.4 Å². The Bertz CT molecular complexity index is 1390. The molecule has 1 fully saturated rings. The number of anilines is 3.